The maximum atomic E-state index is 13.0. The van der Waals surface area contributed by atoms with Crippen molar-refractivity contribution in [2.75, 3.05) is 6.61 Å². The number of hydrogen-bond donors (Lipinski definition) is 1. The summed E-state index contributed by atoms with van der Waals surface area (Å²) >= 11 is 0. The van der Waals surface area contributed by atoms with Gasteiger partial charge in [0.15, 0.2) is 5.65 Å². The first-order valence-corrected chi connectivity index (χ1v) is 8.81. The maximum Gasteiger partial charge on any atom is 0.253 e. The summed E-state index contributed by atoms with van der Waals surface area (Å²) in [6.07, 6.45) is 9.63. The summed E-state index contributed by atoms with van der Waals surface area (Å²) in [5.41, 5.74) is 3.12. The van der Waals surface area contributed by atoms with Gasteiger partial charge in [0.2, 0.25) is 0 Å². The van der Waals surface area contributed by atoms with Crippen molar-refractivity contribution in [2.24, 2.45) is 7.05 Å². The van der Waals surface area contributed by atoms with Crippen LogP contribution in [0.15, 0.2) is 6.07 Å². The number of nitrogens with zero attached hydrogens (tertiary/aromatic N) is 3. The van der Waals surface area contributed by atoms with Crippen LogP contribution < -0.4 is 5.32 Å². The van der Waals surface area contributed by atoms with Gasteiger partial charge >= 0.3 is 0 Å². The van der Waals surface area contributed by atoms with E-state index in [1.165, 1.54) is 0 Å². The highest BCUT2D eigenvalue weighted by molar-refractivity contribution is 6.06. The second-order valence-electron chi connectivity index (χ2n) is 6.95. The topological polar surface area (TPSA) is 69.0 Å². The number of rotatable bonds is 4. The van der Waals surface area contributed by atoms with Gasteiger partial charge in [-0.25, -0.2) is 4.98 Å². The molecule has 0 radical (unpaired) electrons. The quantitative estimate of drug-likeness (QED) is 0.867. The number of carbonyl (C=O) groups is 1. The molecule has 25 heavy (non-hydrogen) atoms. The summed E-state index contributed by atoms with van der Waals surface area (Å²) in [5, 5.41) is 8.21. The van der Waals surface area contributed by atoms with Crippen molar-refractivity contribution < 1.29 is 9.53 Å². The predicted molar refractivity (Wildman–Crippen MR) is 94.3 cm³/mol. The van der Waals surface area contributed by atoms with E-state index in [9.17, 15) is 4.79 Å². The maximum absolute atomic E-state index is 13.0. The van der Waals surface area contributed by atoms with Gasteiger partial charge in [-0.05, 0) is 38.7 Å². The first-order chi connectivity index (χ1) is 12.1. The number of ether oxygens (including phenoxy) is 1. The van der Waals surface area contributed by atoms with Crippen LogP contribution in [0.4, 0.5) is 0 Å². The van der Waals surface area contributed by atoms with Crippen molar-refractivity contribution in [3.05, 3.63) is 23.0 Å². The fourth-order valence-electron chi connectivity index (χ4n) is 3.56. The first-order valence-electron chi connectivity index (χ1n) is 8.81. The van der Waals surface area contributed by atoms with Crippen LogP contribution >= 0.6 is 0 Å². The van der Waals surface area contributed by atoms with Crippen LogP contribution in [-0.4, -0.2) is 39.4 Å². The van der Waals surface area contributed by atoms with Crippen molar-refractivity contribution >= 4 is 16.9 Å². The molecule has 0 unspecified atom stereocenters. The molecule has 2 fully saturated rings. The van der Waals surface area contributed by atoms with Crippen LogP contribution in [0.2, 0.25) is 0 Å². The summed E-state index contributed by atoms with van der Waals surface area (Å²) in [6.45, 7) is 2.60. The normalized spacial score (nSPS) is 21.2. The Bertz CT molecular complexity index is 870. The number of fused-ring (bicyclic) bond motifs is 1. The summed E-state index contributed by atoms with van der Waals surface area (Å²) in [6, 6.07) is 1.49. The van der Waals surface area contributed by atoms with E-state index < -0.39 is 6.04 Å². The molecule has 2 aromatic rings. The van der Waals surface area contributed by atoms with Crippen molar-refractivity contribution in [3.8, 4) is 12.3 Å². The smallest absolute Gasteiger partial charge is 0.253 e. The highest BCUT2D eigenvalue weighted by Crippen LogP contribution is 2.40. The monoisotopic (exact) mass is 338 g/mol. The molecule has 1 aliphatic carbocycles. The third kappa shape index (κ3) is 2.89. The Kier molecular flexibility index (Phi) is 3.97. The SMILES string of the molecule is C#C[C@H](NC(=O)c1cc(C2CC2)nc2c1c(C)nn2C)[C@H]1CCCO1. The summed E-state index contributed by atoms with van der Waals surface area (Å²) in [4.78, 5) is 17.7. The molecule has 3 heterocycles. The molecule has 0 spiro atoms. The number of pyridine rings is 1. The highest BCUT2D eigenvalue weighted by Gasteiger charge is 2.30. The standard InChI is InChI=1S/C19H22N4O2/c1-4-14(16-6-5-9-25-16)21-19(24)13-10-15(12-7-8-12)20-18-17(13)11(2)22-23(18)3/h1,10,12,14,16H,5-9H2,2-3H3,(H,21,24)/t14-,16+/m0/s1. The fourth-order valence-corrected chi connectivity index (χ4v) is 3.56. The van der Waals surface area contributed by atoms with E-state index in [2.05, 4.69) is 16.3 Å². The highest BCUT2D eigenvalue weighted by atomic mass is 16.5. The summed E-state index contributed by atoms with van der Waals surface area (Å²) in [5.74, 6) is 2.94. The molecule has 1 N–H and O–H groups in total. The zero-order chi connectivity index (χ0) is 17.6. The third-order valence-corrected chi connectivity index (χ3v) is 5.03. The van der Waals surface area contributed by atoms with Gasteiger partial charge in [0.1, 0.15) is 6.04 Å². The Morgan fingerprint density at radius 2 is 2.28 bits per heavy atom. The molecule has 1 saturated heterocycles. The Labute approximate surface area is 146 Å². The zero-order valence-electron chi connectivity index (χ0n) is 14.6. The van der Waals surface area contributed by atoms with Gasteiger partial charge in [-0.3, -0.25) is 9.48 Å². The van der Waals surface area contributed by atoms with Gasteiger partial charge in [-0.1, -0.05) is 5.92 Å². The van der Waals surface area contributed by atoms with Crippen LogP contribution in [0, 0.1) is 19.3 Å². The molecule has 2 aliphatic rings. The second kappa shape index (κ2) is 6.16. The Morgan fingerprint density at radius 1 is 1.48 bits per heavy atom. The van der Waals surface area contributed by atoms with Gasteiger partial charge in [0, 0.05) is 25.3 Å². The molecule has 6 heteroatoms. The summed E-state index contributed by atoms with van der Waals surface area (Å²) < 4.78 is 7.39. The zero-order valence-corrected chi connectivity index (χ0v) is 14.6. The lowest BCUT2D eigenvalue weighted by Gasteiger charge is -2.19. The molecule has 2 aromatic heterocycles. The van der Waals surface area contributed by atoms with E-state index in [4.69, 9.17) is 16.1 Å². The van der Waals surface area contributed by atoms with E-state index >= 15 is 0 Å². The number of aryl methyl sites for hydroxylation is 2. The molecule has 4 rings (SSSR count). The molecular weight excluding hydrogens is 316 g/mol. The number of nitrogens with one attached hydrogen (secondary N) is 1. The number of carbonyl (C=O) groups excluding carboxylic acids is 1. The Morgan fingerprint density at radius 3 is 2.92 bits per heavy atom. The average Bonchev–Trinajstić information content (AvgIpc) is 3.24. The van der Waals surface area contributed by atoms with E-state index in [0.29, 0.717) is 18.1 Å². The van der Waals surface area contributed by atoms with Crippen LogP contribution in [0.5, 0.6) is 0 Å². The summed E-state index contributed by atoms with van der Waals surface area (Å²) in [7, 11) is 1.86. The van der Waals surface area contributed by atoms with E-state index in [1.807, 2.05) is 20.0 Å². The molecular formula is C19H22N4O2. The fraction of sp³-hybridized carbons (Fsp3) is 0.526. The first kappa shape index (κ1) is 16.1. The molecule has 130 valence electrons. The predicted octanol–water partition coefficient (Wildman–Crippen LogP) is 2.06. The number of terminal acetylenes is 1. The molecule has 2 atom stereocenters. The largest absolute Gasteiger partial charge is 0.375 e. The molecule has 0 bridgehead atoms. The van der Waals surface area contributed by atoms with Crippen LogP contribution in [0.1, 0.15) is 53.3 Å². The van der Waals surface area contributed by atoms with E-state index in [-0.39, 0.29) is 12.0 Å². The van der Waals surface area contributed by atoms with Crippen molar-refractivity contribution in [2.45, 2.75) is 50.7 Å². The van der Waals surface area contributed by atoms with Crippen LogP contribution in [-0.2, 0) is 11.8 Å². The average molecular weight is 338 g/mol. The Balaban J connectivity index is 1.71. The van der Waals surface area contributed by atoms with Crippen LogP contribution in [0.3, 0.4) is 0 Å². The minimum Gasteiger partial charge on any atom is -0.375 e. The van der Waals surface area contributed by atoms with Gasteiger partial charge in [0.05, 0.1) is 22.7 Å². The van der Waals surface area contributed by atoms with Crippen molar-refractivity contribution in [1.29, 1.82) is 0 Å². The lowest BCUT2D eigenvalue weighted by molar-refractivity contribution is 0.0777. The number of hydrogen-bond acceptors (Lipinski definition) is 4. The third-order valence-electron chi connectivity index (χ3n) is 5.03. The van der Waals surface area contributed by atoms with Gasteiger partial charge in [0.25, 0.3) is 5.91 Å². The molecule has 0 aromatic carbocycles. The molecule has 1 amide bonds. The van der Waals surface area contributed by atoms with E-state index in [1.54, 1.807) is 4.68 Å². The molecule has 1 aliphatic heterocycles. The van der Waals surface area contributed by atoms with Crippen LogP contribution in [0.25, 0.3) is 11.0 Å². The van der Waals surface area contributed by atoms with Gasteiger partial charge < -0.3 is 10.1 Å². The van der Waals surface area contributed by atoms with Gasteiger partial charge in [-0.15, -0.1) is 6.42 Å². The minimum atomic E-state index is -0.417. The minimum absolute atomic E-state index is 0.107. The molecule has 6 nitrogen and oxygen atoms in total. The van der Waals surface area contributed by atoms with Gasteiger partial charge in [-0.2, -0.15) is 5.10 Å². The molecule has 1 saturated carbocycles. The number of amides is 1. The lowest BCUT2D eigenvalue weighted by atomic mass is 10.0. The van der Waals surface area contributed by atoms with Crippen molar-refractivity contribution in [1.82, 2.24) is 20.1 Å². The lowest BCUT2D eigenvalue weighted by Crippen LogP contribution is -2.42. The van der Waals surface area contributed by atoms with E-state index in [0.717, 1.165) is 48.1 Å². The van der Waals surface area contributed by atoms with Crippen molar-refractivity contribution in [3.63, 3.8) is 0 Å². The Hall–Kier alpha value is -2.39. The second-order valence-corrected chi connectivity index (χ2v) is 6.95. The number of aromatic nitrogens is 3.